The van der Waals surface area contributed by atoms with Gasteiger partial charge in [-0.2, -0.15) is 0 Å². The number of Topliss-reactive ketones (excluding diaryl/α,β-unsaturated/α-hetero) is 1. The summed E-state index contributed by atoms with van der Waals surface area (Å²) in [6.07, 6.45) is 4.12. The quantitative estimate of drug-likeness (QED) is 0.207. The van der Waals surface area contributed by atoms with E-state index in [4.69, 9.17) is 4.74 Å². The molecule has 0 bridgehead atoms. The monoisotopic (exact) mass is 450 g/mol. The molecule has 4 rings (SSSR count). The summed E-state index contributed by atoms with van der Waals surface area (Å²) in [6, 6.07) is 9.07. The lowest BCUT2D eigenvalue weighted by Gasteiger charge is -2.11. The van der Waals surface area contributed by atoms with Crippen LogP contribution in [0.15, 0.2) is 48.1 Å². The van der Waals surface area contributed by atoms with Gasteiger partial charge in [0.2, 0.25) is 0 Å². The molecule has 0 spiro atoms. The van der Waals surface area contributed by atoms with E-state index in [1.54, 1.807) is 12.1 Å². The first-order valence-corrected chi connectivity index (χ1v) is 11.5. The molecule has 0 amide bonds. The largest absolute Gasteiger partial charge is 0.465 e. The van der Waals surface area contributed by atoms with E-state index >= 15 is 0 Å². The molecule has 1 saturated carbocycles. The standard InChI is InChI=1S/C24H26N4O3S/c1-5-12-27-22(17-6-7-17)25-26-24(27)32-14-21(29)20-13-15(2)28(16(20)3)19-10-8-18(9-11-19)23(30)31-4/h5,8-11,13,17H,1,6-7,12,14H2,2-4H3. The minimum absolute atomic E-state index is 0.0432. The lowest BCUT2D eigenvalue weighted by atomic mass is 10.2. The SMILES string of the molecule is C=CCn1c(SCC(=O)c2cc(C)n(-c3ccc(C(=O)OC)cc3)c2C)nnc1C1CC1. The molecule has 2 heterocycles. The molecule has 32 heavy (non-hydrogen) atoms. The molecular weight excluding hydrogens is 424 g/mol. The first-order valence-electron chi connectivity index (χ1n) is 10.5. The van der Waals surface area contributed by atoms with Gasteiger partial charge in [-0.3, -0.25) is 4.79 Å². The Bertz CT molecular complexity index is 1170. The van der Waals surface area contributed by atoms with E-state index in [2.05, 4.69) is 21.3 Å². The first-order chi connectivity index (χ1) is 15.4. The molecule has 0 unspecified atom stereocenters. The number of thioether (sulfide) groups is 1. The lowest BCUT2D eigenvalue weighted by molar-refractivity contribution is 0.0600. The fourth-order valence-electron chi connectivity index (χ4n) is 3.87. The molecule has 8 heteroatoms. The molecule has 3 aromatic rings. The van der Waals surface area contributed by atoms with Crippen LogP contribution in [0.3, 0.4) is 0 Å². The minimum Gasteiger partial charge on any atom is -0.465 e. The summed E-state index contributed by atoms with van der Waals surface area (Å²) in [7, 11) is 1.36. The Morgan fingerprint density at radius 3 is 2.56 bits per heavy atom. The van der Waals surface area contributed by atoms with E-state index in [1.807, 2.05) is 42.7 Å². The zero-order valence-corrected chi connectivity index (χ0v) is 19.3. The molecule has 7 nitrogen and oxygen atoms in total. The van der Waals surface area contributed by atoms with Gasteiger partial charge in [-0.05, 0) is 57.0 Å². The van der Waals surface area contributed by atoms with E-state index in [0.29, 0.717) is 23.6 Å². The van der Waals surface area contributed by atoms with Gasteiger partial charge in [0, 0.05) is 35.1 Å². The molecule has 1 fully saturated rings. The molecule has 0 radical (unpaired) electrons. The van der Waals surface area contributed by atoms with Crippen molar-refractivity contribution >= 4 is 23.5 Å². The highest BCUT2D eigenvalue weighted by Crippen LogP contribution is 2.40. The number of ketones is 1. The summed E-state index contributed by atoms with van der Waals surface area (Å²) in [6.45, 7) is 8.38. The zero-order valence-electron chi connectivity index (χ0n) is 18.5. The van der Waals surface area contributed by atoms with Crippen LogP contribution < -0.4 is 0 Å². The van der Waals surface area contributed by atoms with Crippen LogP contribution in [0.25, 0.3) is 5.69 Å². The number of methoxy groups -OCH3 is 1. The summed E-state index contributed by atoms with van der Waals surface area (Å²) in [5.41, 5.74) is 3.88. The maximum atomic E-state index is 13.1. The molecule has 1 aliphatic rings. The number of esters is 1. The molecule has 166 valence electrons. The highest BCUT2D eigenvalue weighted by atomic mass is 32.2. The number of aryl methyl sites for hydroxylation is 1. The van der Waals surface area contributed by atoms with Gasteiger partial charge in [0.25, 0.3) is 0 Å². The third-order valence-electron chi connectivity index (χ3n) is 5.61. The van der Waals surface area contributed by atoms with E-state index in [0.717, 1.165) is 40.9 Å². The number of nitrogens with zero attached hydrogens (tertiary/aromatic N) is 4. The van der Waals surface area contributed by atoms with Crippen LogP contribution in [-0.2, 0) is 11.3 Å². The number of carbonyl (C=O) groups excluding carboxylic acids is 2. The van der Waals surface area contributed by atoms with Crippen molar-refractivity contribution < 1.29 is 14.3 Å². The number of hydrogen-bond donors (Lipinski definition) is 0. The highest BCUT2D eigenvalue weighted by Gasteiger charge is 2.30. The normalized spacial score (nSPS) is 13.2. The molecule has 2 aromatic heterocycles. The van der Waals surface area contributed by atoms with Crippen molar-refractivity contribution in [1.29, 1.82) is 0 Å². The van der Waals surface area contributed by atoms with E-state index in [9.17, 15) is 9.59 Å². The van der Waals surface area contributed by atoms with Crippen molar-refractivity contribution in [2.45, 2.75) is 44.3 Å². The predicted octanol–water partition coefficient (Wildman–Crippen LogP) is 4.51. The maximum absolute atomic E-state index is 13.1. The van der Waals surface area contributed by atoms with Crippen LogP contribution in [0.2, 0.25) is 0 Å². The van der Waals surface area contributed by atoms with Gasteiger partial charge >= 0.3 is 5.97 Å². The average molecular weight is 451 g/mol. The Morgan fingerprint density at radius 1 is 1.22 bits per heavy atom. The van der Waals surface area contributed by atoms with Crippen molar-refractivity contribution in [3.05, 3.63) is 71.3 Å². The summed E-state index contributed by atoms with van der Waals surface area (Å²) >= 11 is 1.41. The van der Waals surface area contributed by atoms with Crippen LogP contribution in [0.5, 0.6) is 0 Å². The molecule has 0 aliphatic heterocycles. The molecule has 0 saturated heterocycles. The van der Waals surface area contributed by atoms with Gasteiger partial charge in [0.1, 0.15) is 5.82 Å². The Balaban J connectivity index is 1.52. The van der Waals surface area contributed by atoms with Gasteiger partial charge in [0.05, 0.1) is 18.4 Å². The molecule has 0 atom stereocenters. The van der Waals surface area contributed by atoms with Gasteiger partial charge < -0.3 is 13.9 Å². The van der Waals surface area contributed by atoms with Crippen LogP contribution >= 0.6 is 11.8 Å². The third-order valence-corrected chi connectivity index (χ3v) is 6.58. The Labute approximate surface area is 191 Å². The van der Waals surface area contributed by atoms with Gasteiger partial charge in [-0.1, -0.05) is 17.8 Å². The van der Waals surface area contributed by atoms with Crippen LogP contribution in [0, 0.1) is 13.8 Å². The predicted molar refractivity (Wildman–Crippen MR) is 124 cm³/mol. The Hall–Kier alpha value is -3.13. The number of ether oxygens (including phenoxy) is 1. The summed E-state index contributed by atoms with van der Waals surface area (Å²) in [4.78, 5) is 24.8. The van der Waals surface area contributed by atoms with Crippen molar-refractivity contribution in [1.82, 2.24) is 19.3 Å². The average Bonchev–Trinajstić information content (AvgIpc) is 3.50. The minimum atomic E-state index is -0.375. The number of benzene rings is 1. The summed E-state index contributed by atoms with van der Waals surface area (Å²) < 4.78 is 8.84. The number of allylic oxidation sites excluding steroid dienone is 1. The fourth-order valence-corrected chi connectivity index (χ4v) is 4.70. The van der Waals surface area contributed by atoms with E-state index in [1.165, 1.54) is 18.9 Å². The lowest BCUT2D eigenvalue weighted by Crippen LogP contribution is -2.08. The Kier molecular flexibility index (Phi) is 6.32. The highest BCUT2D eigenvalue weighted by molar-refractivity contribution is 7.99. The van der Waals surface area contributed by atoms with Crippen molar-refractivity contribution in [3.63, 3.8) is 0 Å². The maximum Gasteiger partial charge on any atom is 0.337 e. The number of rotatable bonds is 9. The molecule has 1 aliphatic carbocycles. The molecular formula is C24H26N4O3S. The first kappa shape index (κ1) is 22.1. The molecule has 1 aromatic carbocycles. The summed E-state index contributed by atoms with van der Waals surface area (Å²) in [5, 5.41) is 9.42. The Morgan fingerprint density at radius 2 is 1.94 bits per heavy atom. The van der Waals surface area contributed by atoms with Crippen LogP contribution in [0.1, 0.15) is 56.7 Å². The molecule has 0 N–H and O–H groups in total. The topological polar surface area (TPSA) is 79.0 Å². The van der Waals surface area contributed by atoms with Crippen molar-refractivity contribution in [3.8, 4) is 5.69 Å². The van der Waals surface area contributed by atoms with Gasteiger partial charge in [-0.25, -0.2) is 4.79 Å². The van der Waals surface area contributed by atoms with Crippen LogP contribution in [0.4, 0.5) is 0 Å². The van der Waals surface area contributed by atoms with Crippen molar-refractivity contribution in [2.75, 3.05) is 12.9 Å². The smallest absolute Gasteiger partial charge is 0.337 e. The fraction of sp³-hybridized carbons (Fsp3) is 0.333. The van der Waals surface area contributed by atoms with Crippen molar-refractivity contribution in [2.24, 2.45) is 0 Å². The zero-order chi connectivity index (χ0) is 22.8. The second kappa shape index (κ2) is 9.16. The number of hydrogen-bond acceptors (Lipinski definition) is 6. The second-order valence-electron chi connectivity index (χ2n) is 7.88. The third kappa shape index (κ3) is 4.27. The summed E-state index contributed by atoms with van der Waals surface area (Å²) in [5.74, 6) is 1.43. The van der Waals surface area contributed by atoms with Crippen LogP contribution in [-0.4, -0.2) is 43.9 Å². The number of aromatic nitrogens is 4. The van der Waals surface area contributed by atoms with E-state index in [-0.39, 0.29) is 17.5 Å². The second-order valence-corrected chi connectivity index (χ2v) is 8.83. The van der Waals surface area contributed by atoms with Gasteiger partial charge in [-0.15, -0.1) is 16.8 Å². The van der Waals surface area contributed by atoms with Gasteiger partial charge in [0.15, 0.2) is 10.9 Å². The number of carbonyl (C=O) groups is 2. The van der Waals surface area contributed by atoms with E-state index < -0.39 is 0 Å².